The monoisotopic (exact) mass is 416 g/mol. The van der Waals surface area contributed by atoms with Crippen LogP contribution in [0.15, 0.2) is 53.1 Å². The first-order valence-electron chi connectivity index (χ1n) is 10.7. The van der Waals surface area contributed by atoms with Gasteiger partial charge < -0.3 is 9.84 Å². The lowest BCUT2D eigenvalue weighted by atomic mass is 9.84. The average Bonchev–Trinajstić information content (AvgIpc) is 3.24. The zero-order valence-corrected chi connectivity index (χ0v) is 17.4. The molecule has 1 aliphatic heterocycles. The summed E-state index contributed by atoms with van der Waals surface area (Å²) >= 11 is 0. The zero-order valence-electron chi connectivity index (χ0n) is 17.4. The second-order valence-electron chi connectivity index (χ2n) is 8.30. The number of hydrogen-bond acceptors (Lipinski definition) is 5. The molecule has 0 saturated carbocycles. The van der Waals surface area contributed by atoms with Gasteiger partial charge in [0.15, 0.2) is 5.82 Å². The largest absolute Gasteiger partial charge is 0.337 e. The maximum Gasteiger partial charge on any atom is 0.325 e. The lowest BCUT2D eigenvalue weighted by Crippen LogP contribution is -2.44. The van der Waals surface area contributed by atoms with Gasteiger partial charge in [0, 0.05) is 6.42 Å². The zero-order chi connectivity index (χ0) is 21.4. The molecule has 158 valence electrons. The molecule has 7 nitrogen and oxygen atoms in total. The number of fused-ring (bicyclic) bond motifs is 2. The number of carbonyl (C=O) groups is 2. The van der Waals surface area contributed by atoms with Gasteiger partial charge >= 0.3 is 6.03 Å². The molecular formula is C24H24N4O3. The number of rotatable bonds is 4. The molecule has 1 spiro atoms. The van der Waals surface area contributed by atoms with Gasteiger partial charge in [-0.05, 0) is 54.9 Å². The van der Waals surface area contributed by atoms with Crippen LogP contribution >= 0.6 is 0 Å². The molecule has 31 heavy (non-hydrogen) atoms. The van der Waals surface area contributed by atoms with E-state index in [2.05, 4.69) is 15.5 Å². The highest BCUT2D eigenvalue weighted by molar-refractivity contribution is 6.07. The van der Waals surface area contributed by atoms with Crippen LogP contribution in [0.4, 0.5) is 4.79 Å². The van der Waals surface area contributed by atoms with E-state index in [1.807, 2.05) is 55.5 Å². The van der Waals surface area contributed by atoms with Crippen molar-refractivity contribution in [3.05, 3.63) is 82.5 Å². The van der Waals surface area contributed by atoms with Crippen LogP contribution in [0.3, 0.4) is 0 Å². The Morgan fingerprint density at radius 1 is 1.10 bits per heavy atom. The van der Waals surface area contributed by atoms with E-state index in [9.17, 15) is 9.59 Å². The Morgan fingerprint density at radius 3 is 2.77 bits per heavy atom. The van der Waals surface area contributed by atoms with Crippen LogP contribution < -0.4 is 5.32 Å². The third-order valence-corrected chi connectivity index (χ3v) is 6.31. The maximum absolute atomic E-state index is 13.5. The quantitative estimate of drug-likeness (QED) is 0.656. The molecule has 1 N–H and O–H groups in total. The number of carbonyl (C=O) groups excluding carboxylic acids is 2. The summed E-state index contributed by atoms with van der Waals surface area (Å²) in [4.78, 5) is 32.0. The topological polar surface area (TPSA) is 88.3 Å². The van der Waals surface area contributed by atoms with Crippen LogP contribution in [0.1, 0.15) is 53.2 Å². The minimum absolute atomic E-state index is 0.0324. The third-order valence-electron chi connectivity index (χ3n) is 6.31. The molecule has 2 aliphatic rings. The van der Waals surface area contributed by atoms with Crippen molar-refractivity contribution in [2.45, 2.75) is 51.1 Å². The van der Waals surface area contributed by atoms with Gasteiger partial charge in [-0.15, -0.1) is 0 Å². The number of hydrogen-bond donors (Lipinski definition) is 1. The van der Waals surface area contributed by atoms with Crippen LogP contribution in [0, 0.1) is 6.92 Å². The Morgan fingerprint density at radius 2 is 1.90 bits per heavy atom. The molecule has 2 heterocycles. The van der Waals surface area contributed by atoms with Crippen LogP contribution in [-0.2, 0) is 29.7 Å². The number of benzene rings is 2. The predicted molar refractivity (Wildman–Crippen MR) is 113 cm³/mol. The lowest BCUT2D eigenvalue weighted by Gasteiger charge is -2.27. The Hall–Kier alpha value is -3.48. The number of urea groups is 1. The first-order chi connectivity index (χ1) is 15.1. The van der Waals surface area contributed by atoms with Gasteiger partial charge in [0.2, 0.25) is 5.89 Å². The maximum atomic E-state index is 13.5. The standard InChI is InChI=1S/C24H24N4O3/c1-16-8-2-3-11-18(16)14-20-25-21(31-27-20)15-28-22(29)24(26-23(28)30)13-7-6-10-17-9-4-5-12-19(17)24/h2-5,8-9,11-12H,6-7,10,13-15H2,1H3,(H,26,30). The van der Waals surface area contributed by atoms with Gasteiger partial charge in [-0.3, -0.25) is 9.69 Å². The summed E-state index contributed by atoms with van der Waals surface area (Å²) in [5.41, 5.74) is 3.28. The molecule has 3 amide bonds. The molecular weight excluding hydrogens is 392 g/mol. The Kier molecular flexibility index (Phi) is 4.81. The molecule has 1 saturated heterocycles. The Balaban J connectivity index is 1.38. The van der Waals surface area contributed by atoms with E-state index < -0.39 is 11.6 Å². The highest BCUT2D eigenvalue weighted by atomic mass is 16.5. The van der Waals surface area contributed by atoms with Gasteiger partial charge in [-0.25, -0.2) is 4.79 Å². The number of amides is 3. The van der Waals surface area contributed by atoms with E-state index >= 15 is 0 Å². The molecule has 0 bridgehead atoms. The average molecular weight is 416 g/mol. The fourth-order valence-corrected chi connectivity index (χ4v) is 4.66. The van der Waals surface area contributed by atoms with E-state index in [1.165, 1.54) is 4.90 Å². The molecule has 7 heteroatoms. The molecule has 1 fully saturated rings. The fourth-order valence-electron chi connectivity index (χ4n) is 4.66. The van der Waals surface area contributed by atoms with Crippen molar-refractivity contribution in [3.63, 3.8) is 0 Å². The predicted octanol–water partition coefficient (Wildman–Crippen LogP) is 3.64. The van der Waals surface area contributed by atoms with Crippen LogP contribution in [0.25, 0.3) is 0 Å². The van der Waals surface area contributed by atoms with Crippen LogP contribution in [-0.4, -0.2) is 27.0 Å². The Bertz CT molecular complexity index is 1150. The fraction of sp³-hybridized carbons (Fsp3) is 0.333. The van der Waals surface area contributed by atoms with Crippen molar-refractivity contribution in [1.29, 1.82) is 0 Å². The second kappa shape index (κ2) is 7.65. The summed E-state index contributed by atoms with van der Waals surface area (Å²) in [6, 6.07) is 15.5. The van der Waals surface area contributed by atoms with E-state index in [0.717, 1.165) is 41.5 Å². The first kappa shape index (κ1) is 19.5. The molecule has 3 aromatic rings. The first-order valence-corrected chi connectivity index (χ1v) is 10.7. The van der Waals surface area contributed by atoms with Crippen LogP contribution in [0.5, 0.6) is 0 Å². The SMILES string of the molecule is Cc1ccccc1Cc1noc(CN2C(=O)NC3(CCCCc4ccccc43)C2=O)n1. The van der Waals surface area contributed by atoms with Gasteiger partial charge in [0.05, 0.1) is 0 Å². The molecule has 2 aromatic carbocycles. The van der Waals surface area contributed by atoms with Crippen molar-refractivity contribution < 1.29 is 14.1 Å². The highest BCUT2D eigenvalue weighted by Crippen LogP contribution is 2.39. The van der Waals surface area contributed by atoms with Gasteiger partial charge in [-0.2, -0.15) is 4.98 Å². The minimum atomic E-state index is -1.01. The number of aryl methyl sites for hydroxylation is 2. The van der Waals surface area contributed by atoms with Crippen molar-refractivity contribution in [1.82, 2.24) is 20.4 Å². The van der Waals surface area contributed by atoms with Gasteiger partial charge in [-0.1, -0.05) is 53.7 Å². The van der Waals surface area contributed by atoms with E-state index in [4.69, 9.17) is 4.52 Å². The normalized spacial score (nSPS) is 20.6. The Labute approximate surface area is 180 Å². The number of nitrogens with zero attached hydrogens (tertiary/aromatic N) is 3. The molecule has 1 aliphatic carbocycles. The summed E-state index contributed by atoms with van der Waals surface area (Å²) in [5.74, 6) is 0.544. The summed E-state index contributed by atoms with van der Waals surface area (Å²) in [6.45, 7) is 2.00. The molecule has 1 unspecified atom stereocenters. The van der Waals surface area contributed by atoms with Crippen molar-refractivity contribution in [3.8, 4) is 0 Å². The number of imide groups is 1. The van der Waals surface area contributed by atoms with Crippen LogP contribution in [0.2, 0.25) is 0 Å². The van der Waals surface area contributed by atoms with E-state index in [1.54, 1.807) is 0 Å². The molecule has 5 rings (SSSR count). The third kappa shape index (κ3) is 3.40. The van der Waals surface area contributed by atoms with Gasteiger partial charge in [0.1, 0.15) is 12.1 Å². The van der Waals surface area contributed by atoms with Crippen molar-refractivity contribution >= 4 is 11.9 Å². The number of nitrogens with one attached hydrogen (secondary N) is 1. The summed E-state index contributed by atoms with van der Waals surface area (Å²) in [5, 5.41) is 7.03. The molecule has 0 radical (unpaired) electrons. The van der Waals surface area contributed by atoms with Gasteiger partial charge in [0.25, 0.3) is 5.91 Å². The summed E-state index contributed by atoms with van der Waals surface area (Å²) in [7, 11) is 0. The number of aromatic nitrogens is 2. The molecule has 1 aromatic heterocycles. The van der Waals surface area contributed by atoms with Crippen molar-refractivity contribution in [2.75, 3.05) is 0 Å². The second-order valence-corrected chi connectivity index (χ2v) is 8.30. The lowest BCUT2D eigenvalue weighted by molar-refractivity contribution is -0.132. The van der Waals surface area contributed by atoms with E-state index in [0.29, 0.717) is 18.7 Å². The summed E-state index contributed by atoms with van der Waals surface area (Å²) < 4.78 is 5.37. The minimum Gasteiger partial charge on any atom is -0.337 e. The molecule has 1 atom stereocenters. The summed E-state index contributed by atoms with van der Waals surface area (Å²) in [6.07, 6.45) is 3.90. The van der Waals surface area contributed by atoms with E-state index in [-0.39, 0.29) is 18.3 Å². The smallest absolute Gasteiger partial charge is 0.325 e. The highest BCUT2D eigenvalue weighted by Gasteiger charge is 2.53. The van der Waals surface area contributed by atoms with Crippen molar-refractivity contribution in [2.24, 2.45) is 0 Å².